The number of hydrogen-bond donors (Lipinski definition) is 0. The lowest BCUT2D eigenvalue weighted by molar-refractivity contribution is -0.110. The van der Waals surface area contributed by atoms with Crippen molar-refractivity contribution in [1.29, 1.82) is 0 Å². The third kappa shape index (κ3) is 4.56. The first kappa shape index (κ1) is 21.6. The van der Waals surface area contributed by atoms with Gasteiger partial charge in [0.2, 0.25) is 5.78 Å². The highest BCUT2D eigenvalue weighted by atomic mass is 16.1. The Bertz CT molecular complexity index is 1070. The Morgan fingerprint density at radius 2 is 1.37 bits per heavy atom. The third-order valence-corrected chi connectivity index (χ3v) is 5.17. The molecule has 2 aromatic carbocycles. The number of allylic oxidation sites excluding steroid dienone is 4. The Morgan fingerprint density at radius 3 is 1.97 bits per heavy atom. The highest BCUT2D eigenvalue weighted by Gasteiger charge is 2.32. The summed E-state index contributed by atoms with van der Waals surface area (Å²) in [5.41, 5.74) is 3.33. The van der Waals surface area contributed by atoms with Crippen LogP contribution < -0.4 is 0 Å². The van der Waals surface area contributed by atoms with Crippen molar-refractivity contribution in [3.63, 3.8) is 0 Å². The van der Waals surface area contributed by atoms with Crippen LogP contribution in [0.15, 0.2) is 82.9 Å². The number of rotatable bonds is 3. The summed E-state index contributed by atoms with van der Waals surface area (Å²) in [6.07, 6.45) is 3.86. The second-order valence-electron chi connectivity index (χ2n) is 9.70. The Kier molecular flexibility index (Phi) is 5.76. The van der Waals surface area contributed by atoms with Crippen LogP contribution in [0.3, 0.4) is 0 Å². The van der Waals surface area contributed by atoms with E-state index >= 15 is 0 Å². The van der Waals surface area contributed by atoms with Crippen molar-refractivity contribution in [3.8, 4) is 0 Å². The number of nitrogens with zero attached hydrogens (tertiary/aromatic N) is 1. The van der Waals surface area contributed by atoms with Crippen LogP contribution in [-0.4, -0.2) is 17.3 Å². The molecule has 0 saturated heterocycles. The normalized spacial score (nSPS) is 16.3. The van der Waals surface area contributed by atoms with E-state index in [2.05, 4.69) is 20.8 Å². The van der Waals surface area contributed by atoms with E-state index in [-0.39, 0.29) is 22.4 Å². The zero-order valence-electron chi connectivity index (χ0n) is 18.6. The van der Waals surface area contributed by atoms with Gasteiger partial charge >= 0.3 is 0 Å². The molecule has 0 fully saturated rings. The van der Waals surface area contributed by atoms with Gasteiger partial charge in [0.15, 0.2) is 5.78 Å². The second-order valence-corrected chi connectivity index (χ2v) is 9.70. The van der Waals surface area contributed by atoms with Gasteiger partial charge in [-0.25, -0.2) is 4.99 Å². The summed E-state index contributed by atoms with van der Waals surface area (Å²) in [6.45, 7) is 12.5. The molecule has 0 spiro atoms. The molecule has 0 heterocycles. The largest absolute Gasteiger partial charge is 0.289 e. The predicted molar refractivity (Wildman–Crippen MR) is 123 cm³/mol. The highest BCUT2D eigenvalue weighted by Crippen LogP contribution is 2.37. The van der Waals surface area contributed by atoms with Crippen LogP contribution >= 0.6 is 0 Å². The molecule has 1 aliphatic rings. The molecule has 0 saturated carbocycles. The van der Waals surface area contributed by atoms with Crippen LogP contribution in [-0.2, 0) is 4.79 Å². The van der Waals surface area contributed by atoms with E-state index in [9.17, 15) is 9.59 Å². The molecule has 30 heavy (non-hydrogen) atoms. The van der Waals surface area contributed by atoms with Crippen LogP contribution in [0.25, 0.3) is 0 Å². The van der Waals surface area contributed by atoms with Crippen molar-refractivity contribution >= 4 is 23.0 Å². The maximum absolute atomic E-state index is 13.3. The van der Waals surface area contributed by atoms with E-state index in [4.69, 9.17) is 4.99 Å². The quantitative estimate of drug-likeness (QED) is 0.436. The van der Waals surface area contributed by atoms with Gasteiger partial charge in [-0.1, -0.05) is 90.1 Å². The Balaban J connectivity index is 2.13. The summed E-state index contributed by atoms with van der Waals surface area (Å²) in [7, 11) is 0. The molecule has 0 unspecified atom stereocenters. The predicted octanol–water partition coefficient (Wildman–Crippen LogP) is 6.52. The summed E-state index contributed by atoms with van der Waals surface area (Å²) < 4.78 is 0. The SMILES string of the molecule is CC(C)(C)C1=CC(=Nc2ccccc2C(=O)c2ccccc2)C(=O)C(C(C)(C)C)=C1. The zero-order chi connectivity index (χ0) is 22.1. The van der Waals surface area contributed by atoms with Crippen molar-refractivity contribution in [2.24, 2.45) is 15.8 Å². The maximum atomic E-state index is 13.3. The smallest absolute Gasteiger partial charge is 0.207 e. The van der Waals surface area contributed by atoms with Gasteiger partial charge in [-0.2, -0.15) is 0 Å². The van der Waals surface area contributed by atoms with Gasteiger partial charge in [-0.15, -0.1) is 0 Å². The number of carbonyl (C=O) groups excluding carboxylic acids is 2. The molecule has 3 heteroatoms. The van der Waals surface area contributed by atoms with E-state index in [1.165, 1.54) is 0 Å². The molecule has 0 aliphatic heterocycles. The molecule has 2 aromatic rings. The van der Waals surface area contributed by atoms with Crippen molar-refractivity contribution in [2.45, 2.75) is 41.5 Å². The highest BCUT2D eigenvalue weighted by molar-refractivity contribution is 6.51. The van der Waals surface area contributed by atoms with E-state index < -0.39 is 0 Å². The van der Waals surface area contributed by atoms with Crippen LogP contribution in [0.1, 0.15) is 57.5 Å². The number of para-hydroxylation sites is 1. The molecule has 0 N–H and O–H groups in total. The molecule has 3 rings (SSSR count). The molecule has 0 amide bonds. The number of benzene rings is 2. The van der Waals surface area contributed by atoms with Gasteiger partial charge in [0, 0.05) is 16.7 Å². The fraction of sp³-hybridized carbons (Fsp3) is 0.296. The van der Waals surface area contributed by atoms with E-state index in [1.54, 1.807) is 24.3 Å². The lowest BCUT2D eigenvalue weighted by Gasteiger charge is -2.30. The molecule has 3 nitrogen and oxygen atoms in total. The van der Waals surface area contributed by atoms with Gasteiger partial charge in [-0.05, 0) is 34.6 Å². The molecule has 154 valence electrons. The molecular weight excluding hydrogens is 370 g/mol. The van der Waals surface area contributed by atoms with Gasteiger partial charge < -0.3 is 0 Å². The van der Waals surface area contributed by atoms with Crippen molar-refractivity contribution in [3.05, 3.63) is 89.0 Å². The summed E-state index contributed by atoms with van der Waals surface area (Å²) in [6, 6.07) is 16.3. The van der Waals surface area contributed by atoms with Crippen LogP contribution in [0.5, 0.6) is 0 Å². The molecule has 0 bridgehead atoms. The third-order valence-electron chi connectivity index (χ3n) is 5.17. The van der Waals surface area contributed by atoms with Gasteiger partial charge in [0.25, 0.3) is 0 Å². The first-order chi connectivity index (χ1) is 14.0. The maximum Gasteiger partial charge on any atom is 0.207 e. The first-order valence-electron chi connectivity index (χ1n) is 10.2. The molecular formula is C27H29NO2. The van der Waals surface area contributed by atoms with Gasteiger partial charge in [0.1, 0.15) is 5.71 Å². The number of Topliss-reactive ketones (excluding diaryl/α,β-unsaturated/α-hetero) is 1. The lowest BCUT2D eigenvalue weighted by atomic mass is 9.74. The minimum atomic E-state index is -0.304. The van der Waals surface area contributed by atoms with Crippen molar-refractivity contribution in [1.82, 2.24) is 0 Å². The summed E-state index contributed by atoms with van der Waals surface area (Å²) in [5, 5.41) is 0. The lowest BCUT2D eigenvalue weighted by Crippen LogP contribution is -2.29. The van der Waals surface area contributed by atoms with Crippen LogP contribution in [0, 0.1) is 10.8 Å². The number of carbonyl (C=O) groups is 2. The summed E-state index contributed by atoms with van der Waals surface area (Å²) >= 11 is 0. The average molecular weight is 400 g/mol. The second kappa shape index (κ2) is 7.98. The van der Waals surface area contributed by atoms with Crippen molar-refractivity contribution < 1.29 is 9.59 Å². The molecule has 0 aromatic heterocycles. The monoisotopic (exact) mass is 399 g/mol. The fourth-order valence-corrected chi connectivity index (χ4v) is 3.32. The Hall–Kier alpha value is -3.07. The minimum Gasteiger partial charge on any atom is -0.289 e. The summed E-state index contributed by atoms with van der Waals surface area (Å²) in [5.74, 6) is -0.192. The zero-order valence-corrected chi connectivity index (χ0v) is 18.6. The Morgan fingerprint density at radius 1 is 0.767 bits per heavy atom. The average Bonchev–Trinajstić information content (AvgIpc) is 2.68. The van der Waals surface area contributed by atoms with E-state index in [0.29, 0.717) is 22.5 Å². The standard InChI is InChI=1S/C27H29NO2/c1-26(2,3)19-16-21(27(4,5)6)25(30)23(17-19)28-22-15-11-10-14-20(22)24(29)18-12-8-7-9-13-18/h7-17H,1-6H3. The number of hydrogen-bond acceptors (Lipinski definition) is 3. The molecule has 0 radical (unpaired) electrons. The van der Waals surface area contributed by atoms with E-state index in [1.807, 2.05) is 63.3 Å². The fourth-order valence-electron chi connectivity index (χ4n) is 3.32. The van der Waals surface area contributed by atoms with Gasteiger partial charge in [0.05, 0.1) is 5.69 Å². The topological polar surface area (TPSA) is 46.5 Å². The van der Waals surface area contributed by atoms with Crippen molar-refractivity contribution in [2.75, 3.05) is 0 Å². The summed E-state index contributed by atoms with van der Waals surface area (Å²) in [4.78, 5) is 31.0. The number of ketones is 2. The number of aliphatic imine (C=N–C) groups is 1. The molecule has 0 atom stereocenters. The van der Waals surface area contributed by atoms with E-state index in [0.717, 1.165) is 11.1 Å². The molecule has 1 aliphatic carbocycles. The Labute approximate surface area is 179 Å². The minimum absolute atomic E-state index is 0.0857. The van der Waals surface area contributed by atoms with Crippen LogP contribution in [0.4, 0.5) is 5.69 Å². The van der Waals surface area contributed by atoms with Gasteiger partial charge in [-0.3, -0.25) is 9.59 Å². The first-order valence-corrected chi connectivity index (χ1v) is 10.2. The van der Waals surface area contributed by atoms with Crippen LogP contribution in [0.2, 0.25) is 0 Å².